The minimum atomic E-state index is -0.200. The summed E-state index contributed by atoms with van der Waals surface area (Å²) in [7, 11) is 0. The predicted octanol–water partition coefficient (Wildman–Crippen LogP) is 3.13. The first-order valence-corrected chi connectivity index (χ1v) is 9.15. The zero-order valence-corrected chi connectivity index (χ0v) is 15.5. The lowest BCUT2D eigenvalue weighted by Crippen LogP contribution is -2.39. The Labute approximate surface area is 158 Å². The number of hydrogen-bond acceptors (Lipinski definition) is 3. The maximum Gasteiger partial charge on any atom is 0.242 e. The summed E-state index contributed by atoms with van der Waals surface area (Å²) in [6.45, 7) is 2.14. The Balaban J connectivity index is 1.75. The number of carbonyl (C=O) groups excluding carboxylic acids is 2. The van der Waals surface area contributed by atoms with E-state index in [2.05, 4.69) is 5.32 Å². The number of benzene rings is 1. The number of hydrogen-bond donors (Lipinski definition) is 1. The molecule has 1 atom stereocenters. The van der Waals surface area contributed by atoms with Gasteiger partial charge in [-0.3, -0.25) is 14.6 Å². The summed E-state index contributed by atoms with van der Waals surface area (Å²) >= 11 is 6.25. The van der Waals surface area contributed by atoms with E-state index < -0.39 is 0 Å². The largest absolute Gasteiger partial charge is 0.347 e. The summed E-state index contributed by atoms with van der Waals surface area (Å²) in [6, 6.07) is 13.6. The van der Waals surface area contributed by atoms with E-state index in [1.807, 2.05) is 47.4 Å². The van der Waals surface area contributed by atoms with Gasteiger partial charge in [-0.1, -0.05) is 35.9 Å². The summed E-state index contributed by atoms with van der Waals surface area (Å²) in [5, 5.41) is 3.31. The molecule has 1 N–H and O–H groups in total. The van der Waals surface area contributed by atoms with Crippen LogP contribution in [0.3, 0.4) is 0 Å². The van der Waals surface area contributed by atoms with Crippen molar-refractivity contribution in [2.24, 2.45) is 0 Å². The Morgan fingerprint density at radius 3 is 2.81 bits per heavy atom. The van der Waals surface area contributed by atoms with Crippen LogP contribution < -0.4 is 5.32 Å². The second kappa shape index (κ2) is 8.32. The highest BCUT2D eigenvalue weighted by molar-refractivity contribution is 6.31. The fourth-order valence-electron chi connectivity index (χ4n) is 3.29. The van der Waals surface area contributed by atoms with Crippen LogP contribution in [-0.4, -0.2) is 34.8 Å². The van der Waals surface area contributed by atoms with Gasteiger partial charge in [-0.05, 0) is 36.6 Å². The molecular weight excluding hydrogens is 350 g/mol. The van der Waals surface area contributed by atoms with E-state index in [0.717, 1.165) is 34.8 Å². The van der Waals surface area contributed by atoms with Gasteiger partial charge < -0.3 is 10.2 Å². The number of carbonyl (C=O) groups is 2. The number of nitrogens with zero attached hydrogens (tertiary/aromatic N) is 2. The fraction of sp³-hybridized carbons (Fsp3) is 0.350. The number of rotatable bonds is 5. The van der Waals surface area contributed by atoms with E-state index in [9.17, 15) is 9.59 Å². The Morgan fingerprint density at radius 2 is 2.04 bits per heavy atom. The minimum Gasteiger partial charge on any atom is -0.347 e. The molecule has 1 aromatic heterocycles. The maximum atomic E-state index is 12.4. The molecule has 2 heterocycles. The zero-order chi connectivity index (χ0) is 18.5. The molecule has 0 bridgehead atoms. The van der Waals surface area contributed by atoms with Crippen molar-refractivity contribution in [1.82, 2.24) is 15.2 Å². The second-order valence-corrected chi connectivity index (χ2v) is 6.88. The Bertz CT molecular complexity index is 809. The standard InChI is InChI=1S/C20H22ClN3O2/c1-14(25)22-13-20(26)24-11-5-10-19(24)18-9-4-7-16(23-18)12-15-6-2-3-8-17(15)21/h2-4,6-9,19H,5,10-13H2,1H3,(H,22,25). The van der Waals surface area contributed by atoms with Crippen LogP contribution in [0.25, 0.3) is 0 Å². The first-order valence-electron chi connectivity index (χ1n) is 8.77. The van der Waals surface area contributed by atoms with Crippen LogP contribution in [0.15, 0.2) is 42.5 Å². The van der Waals surface area contributed by atoms with Gasteiger partial charge in [0.1, 0.15) is 0 Å². The van der Waals surface area contributed by atoms with Gasteiger partial charge in [0.25, 0.3) is 0 Å². The van der Waals surface area contributed by atoms with E-state index >= 15 is 0 Å². The number of nitrogens with one attached hydrogen (secondary N) is 1. The quantitative estimate of drug-likeness (QED) is 0.878. The summed E-state index contributed by atoms with van der Waals surface area (Å²) in [5.74, 6) is -0.269. The molecule has 5 nitrogen and oxygen atoms in total. The first kappa shape index (κ1) is 18.4. The van der Waals surface area contributed by atoms with E-state index in [0.29, 0.717) is 13.0 Å². The first-order chi connectivity index (χ1) is 12.5. The lowest BCUT2D eigenvalue weighted by molar-refractivity contribution is -0.133. The summed E-state index contributed by atoms with van der Waals surface area (Å²) in [5.41, 5.74) is 2.85. The van der Waals surface area contributed by atoms with Crippen molar-refractivity contribution in [3.8, 4) is 0 Å². The van der Waals surface area contributed by atoms with Crippen molar-refractivity contribution in [2.75, 3.05) is 13.1 Å². The highest BCUT2D eigenvalue weighted by atomic mass is 35.5. The molecule has 6 heteroatoms. The summed E-state index contributed by atoms with van der Waals surface area (Å²) in [6.07, 6.45) is 2.47. The Kier molecular flexibility index (Phi) is 5.89. The van der Waals surface area contributed by atoms with Gasteiger partial charge in [0.05, 0.1) is 18.3 Å². The van der Waals surface area contributed by atoms with Crippen molar-refractivity contribution in [2.45, 2.75) is 32.2 Å². The molecular formula is C20H22ClN3O2. The van der Waals surface area contributed by atoms with E-state index in [1.54, 1.807) is 0 Å². The number of likely N-dealkylation sites (tertiary alicyclic amines) is 1. The smallest absolute Gasteiger partial charge is 0.242 e. The van der Waals surface area contributed by atoms with Crippen molar-refractivity contribution in [3.63, 3.8) is 0 Å². The molecule has 0 radical (unpaired) electrons. The maximum absolute atomic E-state index is 12.4. The molecule has 2 amide bonds. The van der Waals surface area contributed by atoms with E-state index in [4.69, 9.17) is 16.6 Å². The monoisotopic (exact) mass is 371 g/mol. The molecule has 0 spiro atoms. The van der Waals surface area contributed by atoms with Gasteiger partial charge in [0.2, 0.25) is 11.8 Å². The van der Waals surface area contributed by atoms with Crippen LogP contribution >= 0.6 is 11.6 Å². The fourth-order valence-corrected chi connectivity index (χ4v) is 3.50. The van der Waals surface area contributed by atoms with Gasteiger partial charge >= 0.3 is 0 Å². The molecule has 1 aromatic carbocycles. The lowest BCUT2D eigenvalue weighted by Gasteiger charge is -2.24. The molecule has 1 aliphatic heterocycles. The normalized spacial score (nSPS) is 16.5. The molecule has 1 saturated heterocycles. The van der Waals surface area contributed by atoms with Crippen molar-refractivity contribution in [1.29, 1.82) is 0 Å². The molecule has 0 saturated carbocycles. The summed E-state index contributed by atoms with van der Waals surface area (Å²) < 4.78 is 0. The van der Waals surface area contributed by atoms with E-state index in [1.165, 1.54) is 6.92 Å². The number of halogens is 1. The van der Waals surface area contributed by atoms with Gasteiger partial charge in [0.15, 0.2) is 0 Å². The zero-order valence-electron chi connectivity index (χ0n) is 14.7. The topological polar surface area (TPSA) is 62.3 Å². The SMILES string of the molecule is CC(=O)NCC(=O)N1CCCC1c1cccc(Cc2ccccc2Cl)n1. The van der Waals surface area contributed by atoms with Gasteiger partial charge in [-0.15, -0.1) is 0 Å². The molecule has 3 rings (SSSR count). The van der Waals surface area contributed by atoms with Crippen LogP contribution in [0.5, 0.6) is 0 Å². The molecule has 26 heavy (non-hydrogen) atoms. The minimum absolute atomic E-state index is 0.0329. The van der Waals surface area contributed by atoms with Crippen LogP contribution in [-0.2, 0) is 16.0 Å². The Hall–Kier alpha value is -2.40. The van der Waals surface area contributed by atoms with Crippen molar-refractivity contribution in [3.05, 3.63) is 64.4 Å². The third kappa shape index (κ3) is 4.41. The number of pyridine rings is 1. The lowest BCUT2D eigenvalue weighted by atomic mass is 10.1. The average molecular weight is 372 g/mol. The van der Waals surface area contributed by atoms with Crippen LogP contribution in [0.4, 0.5) is 0 Å². The van der Waals surface area contributed by atoms with Gasteiger partial charge in [0, 0.05) is 30.6 Å². The van der Waals surface area contributed by atoms with Crippen LogP contribution in [0.2, 0.25) is 5.02 Å². The number of amides is 2. The van der Waals surface area contributed by atoms with E-state index in [-0.39, 0.29) is 24.4 Å². The second-order valence-electron chi connectivity index (χ2n) is 6.48. The Morgan fingerprint density at radius 1 is 1.23 bits per heavy atom. The molecule has 2 aromatic rings. The molecule has 136 valence electrons. The van der Waals surface area contributed by atoms with Crippen molar-refractivity contribution < 1.29 is 9.59 Å². The highest BCUT2D eigenvalue weighted by Gasteiger charge is 2.30. The molecule has 1 aliphatic rings. The molecule has 1 fully saturated rings. The molecule has 0 aliphatic carbocycles. The van der Waals surface area contributed by atoms with Crippen LogP contribution in [0.1, 0.15) is 42.8 Å². The van der Waals surface area contributed by atoms with Crippen molar-refractivity contribution >= 4 is 23.4 Å². The third-order valence-corrected chi connectivity index (χ3v) is 4.93. The van der Waals surface area contributed by atoms with Gasteiger partial charge in [-0.2, -0.15) is 0 Å². The average Bonchev–Trinajstić information content (AvgIpc) is 3.12. The van der Waals surface area contributed by atoms with Gasteiger partial charge in [-0.25, -0.2) is 0 Å². The molecule has 1 unspecified atom stereocenters. The number of aromatic nitrogens is 1. The third-order valence-electron chi connectivity index (χ3n) is 4.56. The highest BCUT2D eigenvalue weighted by Crippen LogP contribution is 2.31. The van der Waals surface area contributed by atoms with Crippen LogP contribution in [0, 0.1) is 0 Å². The predicted molar refractivity (Wildman–Crippen MR) is 101 cm³/mol. The summed E-state index contributed by atoms with van der Waals surface area (Å²) in [4.78, 5) is 30.1.